The second kappa shape index (κ2) is 18.2. The predicted molar refractivity (Wildman–Crippen MR) is 137 cm³/mol. The minimum absolute atomic E-state index is 0.0923. The fourth-order valence-electron chi connectivity index (χ4n) is 2.98. The zero-order valence-corrected chi connectivity index (χ0v) is 21.0. The standard InChI is InChI=1S/C20H39N9O6S/c21-8-2-1-5-12(17(32)29-14(10-36)19(34)35)28-18(33)13(6-7-15(23)30)27-16(31)11(22)4-3-9-26-20(24)25/h11-14,36H,1-10,21-22H2,(H2,23,30)(H,27,31)(H,28,33)(H,29,32)(H,34,35)(H4,24,25,26). The van der Waals surface area contributed by atoms with Crippen LogP contribution in [0.3, 0.4) is 0 Å². The number of guanidine groups is 1. The topological polar surface area (TPSA) is 284 Å². The van der Waals surface area contributed by atoms with Gasteiger partial charge < -0.3 is 49.7 Å². The van der Waals surface area contributed by atoms with Gasteiger partial charge in [-0.15, -0.1) is 0 Å². The molecule has 0 aliphatic rings. The molecule has 0 aromatic carbocycles. The molecule has 0 aromatic heterocycles. The van der Waals surface area contributed by atoms with Crippen LogP contribution >= 0.6 is 12.6 Å². The average Bonchev–Trinajstić information content (AvgIpc) is 2.81. The van der Waals surface area contributed by atoms with E-state index in [1.807, 2.05) is 0 Å². The lowest BCUT2D eigenvalue weighted by Gasteiger charge is -2.25. The highest BCUT2D eigenvalue weighted by atomic mass is 32.1. The third-order valence-electron chi connectivity index (χ3n) is 4.99. The summed E-state index contributed by atoms with van der Waals surface area (Å²) < 4.78 is 0. The molecule has 0 bridgehead atoms. The van der Waals surface area contributed by atoms with Gasteiger partial charge in [0.05, 0.1) is 6.04 Å². The van der Waals surface area contributed by atoms with Gasteiger partial charge in [0.15, 0.2) is 5.96 Å². The monoisotopic (exact) mass is 533 g/mol. The van der Waals surface area contributed by atoms with Crippen LogP contribution in [-0.4, -0.2) is 83.7 Å². The van der Waals surface area contributed by atoms with Crippen LogP contribution in [0.4, 0.5) is 0 Å². The first-order chi connectivity index (χ1) is 16.9. The lowest BCUT2D eigenvalue weighted by molar-refractivity contribution is -0.141. The van der Waals surface area contributed by atoms with Crippen molar-refractivity contribution in [1.29, 1.82) is 0 Å². The number of unbranched alkanes of at least 4 members (excludes halogenated alkanes) is 1. The minimum Gasteiger partial charge on any atom is -0.480 e. The van der Waals surface area contributed by atoms with Crippen LogP contribution in [0, 0.1) is 0 Å². The van der Waals surface area contributed by atoms with E-state index < -0.39 is 53.8 Å². The molecule has 0 saturated carbocycles. The van der Waals surface area contributed by atoms with Gasteiger partial charge in [-0.25, -0.2) is 4.79 Å². The molecule has 4 amide bonds. The Labute approximate surface area is 215 Å². The number of carbonyl (C=O) groups excluding carboxylic acids is 4. The molecule has 16 heteroatoms. The van der Waals surface area contributed by atoms with Crippen LogP contribution in [0.2, 0.25) is 0 Å². The van der Waals surface area contributed by atoms with Gasteiger partial charge >= 0.3 is 5.97 Å². The normalized spacial score (nSPS) is 14.0. The number of carboxylic acids is 1. The zero-order valence-electron chi connectivity index (χ0n) is 20.2. The van der Waals surface area contributed by atoms with Crippen molar-refractivity contribution in [1.82, 2.24) is 16.0 Å². The van der Waals surface area contributed by atoms with E-state index in [2.05, 4.69) is 33.6 Å². The van der Waals surface area contributed by atoms with E-state index in [1.54, 1.807) is 0 Å². The third kappa shape index (κ3) is 14.3. The van der Waals surface area contributed by atoms with E-state index in [4.69, 9.17) is 28.7 Å². The van der Waals surface area contributed by atoms with Crippen LogP contribution in [0.15, 0.2) is 4.99 Å². The van der Waals surface area contributed by atoms with Gasteiger partial charge in [0.25, 0.3) is 0 Å². The molecule has 0 heterocycles. The molecule has 0 saturated heterocycles. The number of hydrogen-bond donors (Lipinski definition) is 10. The summed E-state index contributed by atoms with van der Waals surface area (Å²) in [6.07, 6.45) is 1.45. The van der Waals surface area contributed by atoms with Crippen molar-refractivity contribution in [2.75, 3.05) is 18.8 Å². The molecule has 14 N–H and O–H groups in total. The van der Waals surface area contributed by atoms with Gasteiger partial charge in [-0.1, -0.05) is 0 Å². The Kier molecular flexibility index (Phi) is 16.6. The summed E-state index contributed by atoms with van der Waals surface area (Å²) in [5.74, 6) is -4.39. The maximum absolute atomic E-state index is 13.0. The largest absolute Gasteiger partial charge is 0.480 e. The molecule has 0 spiro atoms. The van der Waals surface area contributed by atoms with Gasteiger partial charge in [0.2, 0.25) is 23.6 Å². The summed E-state index contributed by atoms with van der Waals surface area (Å²) in [6.45, 7) is 0.618. The van der Waals surface area contributed by atoms with E-state index in [0.29, 0.717) is 25.8 Å². The van der Waals surface area contributed by atoms with Gasteiger partial charge in [-0.05, 0) is 45.1 Å². The van der Waals surface area contributed by atoms with E-state index in [1.165, 1.54) is 0 Å². The number of aliphatic carboxylic acids is 1. The van der Waals surface area contributed by atoms with Gasteiger partial charge in [0.1, 0.15) is 18.1 Å². The maximum Gasteiger partial charge on any atom is 0.327 e. The number of nitrogens with two attached hydrogens (primary N) is 5. The first-order valence-electron chi connectivity index (χ1n) is 11.5. The minimum atomic E-state index is -1.29. The van der Waals surface area contributed by atoms with E-state index in [0.717, 1.165) is 0 Å². The fraction of sp³-hybridized carbons (Fsp3) is 0.700. The van der Waals surface area contributed by atoms with E-state index in [9.17, 15) is 29.1 Å². The highest BCUT2D eigenvalue weighted by Crippen LogP contribution is 2.06. The molecule has 0 rings (SSSR count). The Morgan fingerprint density at radius 3 is 1.86 bits per heavy atom. The molecule has 15 nitrogen and oxygen atoms in total. The van der Waals surface area contributed by atoms with Crippen molar-refractivity contribution >= 4 is 48.2 Å². The van der Waals surface area contributed by atoms with Crippen molar-refractivity contribution < 1.29 is 29.1 Å². The Morgan fingerprint density at radius 1 is 0.806 bits per heavy atom. The molecular weight excluding hydrogens is 494 g/mol. The number of carboxylic acid groups (broad SMARTS) is 1. The number of rotatable bonds is 19. The number of aliphatic imine (C=N–C) groups is 1. The highest BCUT2D eigenvalue weighted by Gasteiger charge is 2.30. The summed E-state index contributed by atoms with van der Waals surface area (Å²) in [5, 5.41) is 16.5. The third-order valence-corrected chi connectivity index (χ3v) is 5.36. The Bertz CT molecular complexity index is 779. The molecule has 0 aliphatic heterocycles. The SMILES string of the molecule is NCCCCC(NC(=O)C(CCC(N)=O)NC(=O)C(N)CCCN=C(N)N)C(=O)NC(CS)C(=O)O. The predicted octanol–water partition coefficient (Wildman–Crippen LogP) is -3.77. The molecular formula is C20H39N9O6S. The van der Waals surface area contributed by atoms with Crippen molar-refractivity contribution in [3.05, 3.63) is 0 Å². The molecule has 4 atom stereocenters. The quantitative estimate of drug-likeness (QED) is 0.0334. The summed E-state index contributed by atoms with van der Waals surface area (Å²) in [6, 6.07) is -4.60. The Balaban J connectivity index is 5.40. The number of hydrogen-bond acceptors (Lipinski definition) is 9. The average molecular weight is 534 g/mol. The number of primary amides is 1. The first-order valence-corrected chi connectivity index (χ1v) is 12.1. The molecule has 206 valence electrons. The van der Waals surface area contributed by atoms with Crippen molar-refractivity contribution in [2.24, 2.45) is 33.7 Å². The highest BCUT2D eigenvalue weighted by molar-refractivity contribution is 7.80. The van der Waals surface area contributed by atoms with Gasteiger partial charge in [-0.3, -0.25) is 24.2 Å². The number of carbonyl (C=O) groups is 5. The van der Waals surface area contributed by atoms with Gasteiger partial charge in [-0.2, -0.15) is 12.6 Å². The number of amides is 4. The number of nitrogens with one attached hydrogen (secondary N) is 3. The van der Waals surface area contributed by atoms with Crippen molar-refractivity contribution in [3.63, 3.8) is 0 Å². The van der Waals surface area contributed by atoms with Crippen LogP contribution in [-0.2, 0) is 24.0 Å². The van der Waals surface area contributed by atoms with E-state index >= 15 is 0 Å². The first kappa shape index (κ1) is 32.9. The number of thiol groups is 1. The molecule has 0 aliphatic carbocycles. The Morgan fingerprint density at radius 2 is 1.36 bits per heavy atom. The molecule has 0 fully saturated rings. The summed E-state index contributed by atoms with van der Waals surface area (Å²) >= 11 is 3.91. The number of nitrogens with zero attached hydrogens (tertiary/aromatic N) is 1. The van der Waals surface area contributed by atoms with Crippen LogP contribution < -0.4 is 44.6 Å². The fourth-order valence-corrected chi connectivity index (χ4v) is 3.22. The second-order valence-corrected chi connectivity index (χ2v) is 8.41. The summed E-state index contributed by atoms with van der Waals surface area (Å²) in [5.41, 5.74) is 27.0. The summed E-state index contributed by atoms with van der Waals surface area (Å²) in [4.78, 5) is 64.5. The van der Waals surface area contributed by atoms with Gasteiger partial charge in [0, 0.05) is 18.7 Å². The smallest absolute Gasteiger partial charge is 0.327 e. The zero-order chi connectivity index (χ0) is 27.7. The maximum atomic E-state index is 13.0. The molecule has 0 aromatic rings. The van der Waals surface area contributed by atoms with Crippen LogP contribution in [0.25, 0.3) is 0 Å². The second-order valence-electron chi connectivity index (χ2n) is 8.05. The summed E-state index contributed by atoms with van der Waals surface area (Å²) in [7, 11) is 0. The van der Waals surface area contributed by atoms with Crippen LogP contribution in [0.5, 0.6) is 0 Å². The lowest BCUT2D eigenvalue weighted by Crippen LogP contribution is -2.57. The molecule has 4 unspecified atom stereocenters. The van der Waals surface area contributed by atoms with Crippen LogP contribution in [0.1, 0.15) is 44.9 Å². The van der Waals surface area contributed by atoms with E-state index in [-0.39, 0.29) is 43.9 Å². The molecule has 36 heavy (non-hydrogen) atoms. The van der Waals surface area contributed by atoms with Crippen molar-refractivity contribution in [2.45, 2.75) is 69.1 Å². The van der Waals surface area contributed by atoms with Crippen molar-refractivity contribution in [3.8, 4) is 0 Å². The lowest BCUT2D eigenvalue weighted by atomic mass is 10.0. The molecule has 0 radical (unpaired) electrons. The Hall–Kier alpha value is -3.11.